The molecule has 1 aromatic rings. The number of carboxylic acid groups (broad SMARTS) is 1. The summed E-state index contributed by atoms with van der Waals surface area (Å²) in [5.74, 6) is 0.330. The van der Waals surface area contributed by atoms with Gasteiger partial charge in [0.05, 0.1) is 0 Å². The van der Waals surface area contributed by atoms with E-state index in [1.807, 2.05) is 0 Å². The molecule has 4 N–H and O–H groups in total. The van der Waals surface area contributed by atoms with Gasteiger partial charge >= 0.3 is 6.09 Å². The zero-order chi connectivity index (χ0) is 12.7. The lowest BCUT2D eigenvalue weighted by molar-refractivity contribution is 0.194. The Bertz CT molecular complexity index is 379. The van der Waals surface area contributed by atoms with Crippen LogP contribution in [-0.2, 0) is 6.42 Å². The first-order valence-electron chi connectivity index (χ1n) is 5.57. The van der Waals surface area contributed by atoms with Gasteiger partial charge in [-0.15, -0.1) is 0 Å². The van der Waals surface area contributed by atoms with E-state index in [0.717, 1.165) is 24.8 Å². The molecule has 0 radical (unpaired) electrons. The molecular formula is C12H17NO4. The highest BCUT2D eigenvalue weighted by atomic mass is 16.4. The third kappa shape index (κ3) is 5.10. The molecule has 17 heavy (non-hydrogen) atoms. The quantitative estimate of drug-likeness (QED) is 0.452. The van der Waals surface area contributed by atoms with Crippen molar-refractivity contribution in [3.05, 3.63) is 23.8 Å². The Hall–Kier alpha value is -1.91. The van der Waals surface area contributed by atoms with E-state index in [-0.39, 0.29) is 11.5 Å². The van der Waals surface area contributed by atoms with Gasteiger partial charge in [0.2, 0.25) is 0 Å². The van der Waals surface area contributed by atoms with E-state index in [0.29, 0.717) is 13.0 Å². The van der Waals surface area contributed by atoms with Crippen LogP contribution in [0.2, 0.25) is 0 Å². The Morgan fingerprint density at radius 3 is 2.65 bits per heavy atom. The van der Waals surface area contributed by atoms with Crippen molar-refractivity contribution in [2.75, 3.05) is 6.54 Å². The SMILES string of the molecule is O=C(O)NCCCCCc1cc(O)ccc1O. The highest BCUT2D eigenvalue weighted by Crippen LogP contribution is 2.23. The zero-order valence-electron chi connectivity index (χ0n) is 9.52. The molecule has 1 aromatic carbocycles. The second kappa shape index (κ2) is 6.62. The van der Waals surface area contributed by atoms with Crippen molar-refractivity contribution >= 4 is 6.09 Å². The number of carbonyl (C=O) groups is 1. The Kier molecular flexibility index (Phi) is 5.13. The summed E-state index contributed by atoms with van der Waals surface area (Å²) in [6.07, 6.45) is 2.16. The van der Waals surface area contributed by atoms with Crippen LogP contribution in [0.15, 0.2) is 18.2 Å². The monoisotopic (exact) mass is 239 g/mol. The molecule has 0 atom stereocenters. The van der Waals surface area contributed by atoms with Crippen molar-refractivity contribution in [2.24, 2.45) is 0 Å². The predicted octanol–water partition coefficient (Wildman–Crippen LogP) is 2.08. The van der Waals surface area contributed by atoms with Crippen molar-refractivity contribution in [3.8, 4) is 11.5 Å². The maximum atomic E-state index is 10.2. The van der Waals surface area contributed by atoms with Gasteiger partial charge in [0.1, 0.15) is 11.5 Å². The average Bonchev–Trinajstić information content (AvgIpc) is 2.27. The van der Waals surface area contributed by atoms with Crippen LogP contribution in [0.3, 0.4) is 0 Å². The van der Waals surface area contributed by atoms with Gasteiger partial charge in [-0.05, 0) is 43.0 Å². The van der Waals surface area contributed by atoms with E-state index in [4.69, 9.17) is 5.11 Å². The summed E-state index contributed by atoms with van der Waals surface area (Å²) in [4.78, 5) is 10.2. The predicted molar refractivity (Wildman–Crippen MR) is 63.4 cm³/mol. The number of unbranched alkanes of at least 4 members (excludes halogenated alkanes) is 2. The fraction of sp³-hybridized carbons (Fsp3) is 0.417. The Labute approximate surface area is 99.7 Å². The zero-order valence-corrected chi connectivity index (χ0v) is 9.52. The van der Waals surface area contributed by atoms with Crippen LogP contribution in [0.25, 0.3) is 0 Å². The summed E-state index contributed by atoms with van der Waals surface area (Å²) in [6.45, 7) is 0.446. The minimum absolute atomic E-state index is 0.144. The molecule has 0 saturated heterocycles. The molecule has 5 heteroatoms. The highest BCUT2D eigenvalue weighted by molar-refractivity contribution is 5.64. The third-order valence-corrected chi connectivity index (χ3v) is 2.46. The van der Waals surface area contributed by atoms with Crippen molar-refractivity contribution in [3.63, 3.8) is 0 Å². The number of phenolic OH excluding ortho intramolecular Hbond substituents is 2. The Morgan fingerprint density at radius 1 is 1.18 bits per heavy atom. The van der Waals surface area contributed by atoms with Crippen LogP contribution in [-0.4, -0.2) is 28.0 Å². The number of phenols is 2. The van der Waals surface area contributed by atoms with Crippen LogP contribution >= 0.6 is 0 Å². The molecule has 0 spiro atoms. The molecule has 5 nitrogen and oxygen atoms in total. The number of aromatic hydroxyl groups is 2. The van der Waals surface area contributed by atoms with Crippen LogP contribution in [0.4, 0.5) is 4.79 Å². The molecule has 0 heterocycles. The van der Waals surface area contributed by atoms with Gasteiger partial charge in [-0.2, -0.15) is 0 Å². The molecule has 0 unspecified atom stereocenters. The van der Waals surface area contributed by atoms with E-state index in [1.165, 1.54) is 12.1 Å². The summed E-state index contributed by atoms with van der Waals surface area (Å²) in [6, 6.07) is 4.46. The first-order valence-corrected chi connectivity index (χ1v) is 5.57. The van der Waals surface area contributed by atoms with Crippen LogP contribution in [0, 0.1) is 0 Å². The van der Waals surface area contributed by atoms with Crippen LogP contribution < -0.4 is 5.32 Å². The second-order valence-corrected chi connectivity index (χ2v) is 3.86. The van der Waals surface area contributed by atoms with Crippen LogP contribution in [0.1, 0.15) is 24.8 Å². The lowest BCUT2D eigenvalue weighted by Gasteiger charge is -2.05. The van der Waals surface area contributed by atoms with Gasteiger partial charge in [-0.25, -0.2) is 4.79 Å². The number of benzene rings is 1. The van der Waals surface area contributed by atoms with Gasteiger partial charge in [-0.1, -0.05) is 6.42 Å². The van der Waals surface area contributed by atoms with Crippen molar-refractivity contribution < 1.29 is 20.1 Å². The Balaban J connectivity index is 2.22. The van der Waals surface area contributed by atoms with E-state index < -0.39 is 6.09 Å². The van der Waals surface area contributed by atoms with Gasteiger partial charge < -0.3 is 20.6 Å². The molecule has 0 aliphatic rings. The fourth-order valence-electron chi connectivity index (χ4n) is 1.58. The largest absolute Gasteiger partial charge is 0.508 e. The molecule has 1 rings (SSSR count). The van der Waals surface area contributed by atoms with E-state index >= 15 is 0 Å². The first kappa shape index (κ1) is 13.2. The summed E-state index contributed by atoms with van der Waals surface area (Å²) < 4.78 is 0. The Morgan fingerprint density at radius 2 is 1.94 bits per heavy atom. The molecule has 0 aliphatic heterocycles. The molecule has 1 amide bonds. The topological polar surface area (TPSA) is 89.8 Å². The highest BCUT2D eigenvalue weighted by Gasteiger charge is 2.02. The molecule has 0 aromatic heterocycles. The average molecular weight is 239 g/mol. The summed E-state index contributed by atoms with van der Waals surface area (Å²) in [7, 11) is 0. The molecular weight excluding hydrogens is 222 g/mol. The molecule has 0 aliphatic carbocycles. The summed E-state index contributed by atoms with van der Waals surface area (Å²) >= 11 is 0. The normalized spacial score (nSPS) is 10.1. The van der Waals surface area contributed by atoms with Crippen molar-refractivity contribution in [1.82, 2.24) is 5.32 Å². The molecule has 0 fully saturated rings. The second-order valence-electron chi connectivity index (χ2n) is 3.86. The summed E-state index contributed by atoms with van der Waals surface area (Å²) in [5, 5.41) is 29.4. The van der Waals surface area contributed by atoms with Crippen LogP contribution in [0.5, 0.6) is 11.5 Å². The lowest BCUT2D eigenvalue weighted by Crippen LogP contribution is -2.21. The number of aryl methyl sites for hydroxylation is 1. The molecule has 0 bridgehead atoms. The number of rotatable bonds is 6. The first-order chi connectivity index (χ1) is 8.09. The minimum atomic E-state index is -1.00. The van der Waals surface area contributed by atoms with E-state index in [9.17, 15) is 15.0 Å². The number of hydrogen-bond acceptors (Lipinski definition) is 3. The van der Waals surface area contributed by atoms with Gasteiger partial charge in [0.25, 0.3) is 0 Å². The van der Waals surface area contributed by atoms with E-state index in [2.05, 4.69) is 5.32 Å². The van der Waals surface area contributed by atoms with Gasteiger partial charge in [0, 0.05) is 6.54 Å². The third-order valence-electron chi connectivity index (χ3n) is 2.46. The van der Waals surface area contributed by atoms with Crippen molar-refractivity contribution in [2.45, 2.75) is 25.7 Å². The molecule has 0 saturated carbocycles. The smallest absolute Gasteiger partial charge is 0.404 e. The maximum absolute atomic E-state index is 10.2. The lowest BCUT2D eigenvalue weighted by atomic mass is 10.1. The fourth-order valence-corrected chi connectivity index (χ4v) is 1.58. The maximum Gasteiger partial charge on any atom is 0.404 e. The summed E-state index contributed by atoms with van der Waals surface area (Å²) in [5.41, 5.74) is 0.719. The number of nitrogens with one attached hydrogen (secondary N) is 1. The van der Waals surface area contributed by atoms with Gasteiger partial charge in [-0.3, -0.25) is 0 Å². The van der Waals surface area contributed by atoms with E-state index in [1.54, 1.807) is 6.07 Å². The van der Waals surface area contributed by atoms with Crippen molar-refractivity contribution in [1.29, 1.82) is 0 Å². The minimum Gasteiger partial charge on any atom is -0.508 e. The number of amides is 1. The molecule has 94 valence electrons. The number of hydrogen-bond donors (Lipinski definition) is 4. The van der Waals surface area contributed by atoms with Gasteiger partial charge in [0.15, 0.2) is 0 Å². The standard InChI is InChI=1S/C12H17NO4/c14-10-5-6-11(15)9(8-10)4-2-1-3-7-13-12(16)17/h5-6,8,13-15H,1-4,7H2,(H,16,17).